The topological polar surface area (TPSA) is 82.8 Å². The number of rotatable bonds is 8. The number of hydrogen-bond donors (Lipinski definition) is 0. The highest BCUT2D eigenvalue weighted by Gasteiger charge is 2.22. The van der Waals surface area contributed by atoms with Gasteiger partial charge in [0.05, 0.1) is 11.4 Å². The first kappa shape index (κ1) is 21.4. The molecule has 1 aliphatic heterocycles. The molecule has 29 heavy (non-hydrogen) atoms. The highest BCUT2D eigenvalue weighted by atomic mass is 32.1. The van der Waals surface area contributed by atoms with Crippen molar-refractivity contribution < 1.29 is 14.1 Å². The molecule has 1 aliphatic rings. The Labute approximate surface area is 175 Å². The molecule has 0 bridgehead atoms. The van der Waals surface area contributed by atoms with Crippen LogP contribution in [0, 0.1) is 0 Å². The van der Waals surface area contributed by atoms with Gasteiger partial charge in [-0.05, 0) is 31.7 Å². The van der Waals surface area contributed by atoms with Crippen LogP contribution in [0.1, 0.15) is 32.6 Å². The van der Waals surface area contributed by atoms with E-state index in [4.69, 9.17) is 4.52 Å². The summed E-state index contributed by atoms with van der Waals surface area (Å²) in [6, 6.07) is 3.89. The Hall–Kier alpha value is -2.26. The van der Waals surface area contributed by atoms with E-state index < -0.39 is 0 Å². The fourth-order valence-electron chi connectivity index (χ4n) is 3.48. The van der Waals surface area contributed by atoms with E-state index >= 15 is 0 Å². The molecular formula is C20H29N5O3S. The summed E-state index contributed by atoms with van der Waals surface area (Å²) in [5.74, 6) is 1.32. The fourth-order valence-corrected chi connectivity index (χ4v) is 4.13. The van der Waals surface area contributed by atoms with Crippen LogP contribution in [0.2, 0.25) is 0 Å². The molecule has 3 rings (SSSR count). The van der Waals surface area contributed by atoms with Crippen molar-refractivity contribution >= 4 is 23.2 Å². The van der Waals surface area contributed by atoms with Crippen molar-refractivity contribution in [3.05, 3.63) is 23.4 Å². The zero-order chi connectivity index (χ0) is 20.6. The number of aryl methyl sites for hydroxylation is 1. The minimum atomic E-state index is 0.0952. The number of thiophene rings is 1. The van der Waals surface area contributed by atoms with Gasteiger partial charge < -0.3 is 14.3 Å². The number of amides is 2. The molecule has 3 heterocycles. The van der Waals surface area contributed by atoms with Gasteiger partial charge in [-0.15, -0.1) is 11.3 Å². The Balaban J connectivity index is 1.45. The summed E-state index contributed by atoms with van der Waals surface area (Å²) in [7, 11) is 0. The molecule has 0 radical (unpaired) electrons. The first-order valence-corrected chi connectivity index (χ1v) is 11.1. The second kappa shape index (κ2) is 10.5. The maximum atomic E-state index is 12.6. The van der Waals surface area contributed by atoms with Crippen LogP contribution >= 0.6 is 11.3 Å². The number of aromatic nitrogens is 2. The summed E-state index contributed by atoms with van der Waals surface area (Å²) >= 11 is 1.56. The molecule has 1 fully saturated rings. The molecule has 9 heteroatoms. The van der Waals surface area contributed by atoms with Crippen molar-refractivity contribution in [1.82, 2.24) is 24.8 Å². The van der Waals surface area contributed by atoms with Gasteiger partial charge in [-0.3, -0.25) is 14.5 Å². The lowest BCUT2D eigenvalue weighted by Crippen LogP contribution is -2.42. The first-order valence-electron chi connectivity index (χ1n) is 10.2. The van der Waals surface area contributed by atoms with Gasteiger partial charge in [-0.1, -0.05) is 11.2 Å². The van der Waals surface area contributed by atoms with Crippen LogP contribution in [0.25, 0.3) is 10.7 Å². The molecular weight excluding hydrogens is 390 g/mol. The van der Waals surface area contributed by atoms with E-state index in [9.17, 15) is 9.59 Å². The minimum Gasteiger partial charge on any atom is -0.342 e. The van der Waals surface area contributed by atoms with Crippen molar-refractivity contribution in [1.29, 1.82) is 0 Å². The lowest BCUT2D eigenvalue weighted by Gasteiger charge is -2.25. The lowest BCUT2D eigenvalue weighted by molar-refractivity contribution is -0.132. The molecule has 0 unspecified atom stereocenters. The third kappa shape index (κ3) is 5.86. The Bertz CT molecular complexity index is 788. The molecule has 0 N–H and O–H groups in total. The molecule has 8 nitrogen and oxygen atoms in total. The molecule has 0 saturated carbocycles. The monoisotopic (exact) mass is 419 g/mol. The van der Waals surface area contributed by atoms with Gasteiger partial charge in [0.25, 0.3) is 0 Å². The zero-order valence-corrected chi connectivity index (χ0v) is 18.0. The van der Waals surface area contributed by atoms with Gasteiger partial charge in [0.1, 0.15) is 0 Å². The average Bonchev–Trinajstić information content (AvgIpc) is 3.36. The smallest absolute Gasteiger partial charge is 0.236 e. The third-order valence-corrected chi connectivity index (χ3v) is 6.04. The predicted octanol–water partition coefficient (Wildman–Crippen LogP) is 2.13. The van der Waals surface area contributed by atoms with Crippen LogP contribution in [-0.2, 0) is 16.0 Å². The van der Waals surface area contributed by atoms with Crippen LogP contribution in [0.4, 0.5) is 0 Å². The third-order valence-electron chi connectivity index (χ3n) is 5.18. The average molecular weight is 420 g/mol. The Morgan fingerprint density at radius 1 is 1.21 bits per heavy atom. The van der Waals surface area contributed by atoms with Crippen LogP contribution in [-0.4, -0.2) is 82.5 Å². The SMILES string of the molecule is CCN(CC)C(=O)CN1CCCN(C(=O)CCc2nc(-c3cccs3)no2)CC1. The number of carbonyl (C=O) groups is 2. The van der Waals surface area contributed by atoms with E-state index in [2.05, 4.69) is 15.0 Å². The van der Waals surface area contributed by atoms with Crippen LogP contribution < -0.4 is 0 Å². The van der Waals surface area contributed by atoms with Crippen LogP contribution in [0.5, 0.6) is 0 Å². The molecule has 2 aromatic rings. The normalized spacial score (nSPS) is 15.3. The summed E-state index contributed by atoms with van der Waals surface area (Å²) in [5, 5.41) is 5.95. The van der Waals surface area contributed by atoms with E-state index in [1.165, 1.54) is 0 Å². The predicted molar refractivity (Wildman–Crippen MR) is 111 cm³/mol. The van der Waals surface area contributed by atoms with Crippen molar-refractivity contribution in [2.45, 2.75) is 33.1 Å². The Morgan fingerprint density at radius 2 is 2.03 bits per heavy atom. The molecule has 1 saturated heterocycles. The van der Waals surface area contributed by atoms with Crippen molar-refractivity contribution in [3.63, 3.8) is 0 Å². The summed E-state index contributed by atoms with van der Waals surface area (Å²) < 4.78 is 5.28. The fraction of sp³-hybridized carbons (Fsp3) is 0.600. The Kier molecular flexibility index (Phi) is 7.76. The van der Waals surface area contributed by atoms with Gasteiger partial charge in [0.2, 0.25) is 23.5 Å². The molecule has 2 amide bonds. The number of likely N-dealkylation sites (N-methyl/N-ethyl adjacent to an activating group) is 1. The van der Waals surface area contributed by atoms with E-state index in [0.29, 0.717) is 37.6 Å². The molecule has 0 atom stereocenters. The summed E-state index contributed by atoms with van der Waals surface area (Å²) in [6.07, 6.45) is 1.67. The summed E-state index contributed by atoms with van der Waals surface area (Å²) in [4.78, 5) is 36.2. The van der Waals surface area contributed by atoms with E-state index in [-0.39, 0.29) is 11.8 Å². The van der Waals surface area contributed by atoms with Crippen molar-refractivity contribution in [2.75, 3.05) is 45.8 Å². The summed E-state index contributed by atoms with van der Waals surface area (Å²) in [5.41, 5.74) is 0. The number of nitrogens with zero attached hydrogens (tertiary/aromatic N) is 5. The molecule has 158 valence electrons. The summed E-state index contributed by atoms with van der Waals surface area (Å²) in [6.45, 7) is 8.82. The van der Waals surface area contributed by atoms with Crippen molar-refractivity contribution in [3.8, 4) is 10.7 Å². The lowest BCUT2D eigenvalue weighted by atomic mass is 10.2. The molecule has 0 aromatic carbocycles. The second-order valence-electron chi connectivity index (χ2n) is 7.07. The Morgan fingerprint density at radius 3 is 2.76 bits per heavy atom. The number of carbonyl (C=O) groups excluding carboxylic acids is 2. The molecule has 2 aromatic heterocycles. The van der Waals surface area contributed by atoms with Gasteiger partial charge in [-0.25, -0.2) is 0 Å². The quantitative estimate of drug-likeness (QED) is 0.652. The maximum absolute atomic E-state index is 12.6. The van der Waals surface area contributed by atoms with E-state index in [1.807, 2.05) is 41.2 Å². The van der Waals surface area contributed by atoms with E-state index in [0.717, 1.165) is 44.0 Å². The van der Waals surface area contributed by atoms with Gasteiger partial charge in [-0.2, -0.15) is 4.98 Å². The highest BCUT2D eigenvalue weighted by Crippen LogP contribution is 2.21. The first-order chi connectivity index (χ1) is 14.1. The van der Waals surface area contributed by atoms with Crippen molar-refractivity contribution in [2.24, 2.45) is 0 Å². The maximum Gasteiger partial charge on any atom is 0.236 e. The van der Waals surface area contributed by atoms with Crippen LogP contribution in [0.3, 0.4) is 0 Å². The number of hydrogen-bond acceptors (Lipinski definition) is 7. The highest BCUT2D eigenvalue weighted by molar-refractivity contribution is 7.13. The molecule has 0 aliphatic carbocycles. The van der Waals surface area contributed by atoms with E-state index in [1.54, 1.807) is 11.3 Å². The van der Waals surface area contributed by atoms with Crippen LogP contribution in [0.15, 0.2) is 22.0 Å². The van der Waals surface area contributed by atoms with Gasteiger partial charge in [0, 0.05) is 52.1 Å². The largest absolute Gasteiger partial charge is 0.342 e. The van der Waals surface area contributed by atoms with Gasteiger partial charge in [0.15, 0.2) is 0 Å². The van der Waals surface area contributed by atoms with Gasteiger partial charge >= 0.3 is 0 Å². The molecule has 0 spiro atoms. The minimum absolute atomic E-state index is 0.0952. The zero-order valence-electron chi connectivity index (χ0n) is 17.2. The second-order valence-corrected chi connectivity index (χ2v) is 8.01. The standard InChI is InChI=1S/C20H29N5O3S/c1-3-24(4-2)19(27)15-23-10-6-11-25(13-12-23)18(26)9-8-17-21-20(22-28-17)16-7-5-14-29-16/h5,7,14H,3-4,6,8-13,15H2,1-2H3.